The van der Waals surface area contributed by atoms with E-state index in [-0.39, 0.29) is 0 Å². The zero-order valence-electron chi connectivity index (χ0n) is 11.2. The third-order valence-electron chi connectivity index (χ3n) is 3.29. The Hall–Kier alpha value is -2.69. The number of fused-ring (bicyclic) bond motifs is 1. The molecule has 1 heterocycles. The Bertz CT molecular complexity index is 754. The summed E-state index contributed by atoms with van der Waals surface area (Å²) in [5, 5.41) is 11.4. The lowest BCUT2D eigenvalue weighted by atomic mass is 10.1. The Kier molecular flexibility index (Phi) is 3.16. The van der Waals surface area contributed by atoms with Gasteiger partial charge in [-0.1, -0.05) is 24.3 Å². The highest BCUT2D eigenvalue weighted by Gasteiger charge is 2.04. The van der Waals surface area contributed by atoms with Crippen molar-refractivity contribution in [3.63, 3.8) is 0 Å². The molecule has 0 aliphatic heterocycles. The maximum absolute atomic E-state index is 5.89. The van der Waals surface area contributed by atoms with Gasteiger partial charge in [0.25, 0.3) is 0 Å². The standard InChI is InChI=1S/C15H15N5/c1-10-11(5-4-6-12(10)16)9-17-15-18-13-7-2-3-8-14(13)19-20-15/h2-8H,9,16H2,1H3,(H,17,18,20). The van der Waals surface area contributed by atoms with Crippen LogP contribution in [0.5, 0.6) is 0 Å². The van der Waals surface area contributed by atoms with Crippen molar-refractivity contribution in [1.82, 2.24) is 15.2 Å². The molecule has 0 atom stereocenters. The van der Waals surface area contributed by atoms with Crippen molar-refractivity contribution in [1.29, 1.82) is 0 Å². The van der Waals surface area contributed by atoms with Crippen molar-refractivity contribution in [2.45, 2.75) is 13.5 Å². The van der Waals surface area contributed by atoms with Crippen LogP contribution < -0.4 is 11.1 Å². The second-order valence-electron chi connectivity index (χ2n) is 4.61. The van der Waals surface area contributed by atoms with Crippen molar-refractivity contribution >= 4 is 22.7 Å². The van der Waals surface area contributed by atoms with E-state index in [1.807, 2.05) is 49.4 Å². The highest BCUT2D eigenvalue weighted by atomic mass is 15.2. The van der Waals surface area contributed by atoms with Gasteiger partial charge >= 0.3 is 0 Å². The average Bonchev–Trinajstić information content (AvgIpc) is 2.48. The van der Waals surface area contributed by atoms with Crippen molar-refractivity contribution in [3.8, 4) is 0 Å². The van der Waals surface area contributed by atoms with Crippen molar-refractivity contribution in [2.24, 2.45) is 0 Å². The van der Waals surface area contributed by atoms with Gasteiger partial charge in [-0.3, -0.25) is 0 Å². The van der Waals surface area contributed by atoms with Gasteiger partial charge in [0.2, 0.25) is 5.95 Å². The number of para-hydroxylation sites is 1. The first-order chi connectivity index (χ1) is 9.74. The van der Waals surface area contributed by atoms with Gasteiger partial charge in [-0.25, -0.2) is 4.98 Å². The minimum Gasteiger partial charge on any atom is -0.399 e. The Balaban J connectivity index is 1.81. The van der Waals surface area contributed by atoms with Gasteiger partial charge in [-0.15, -0.1) is 10.2 Å². The number of nitrogen functional groups attached to an aromatic ring is 1. The monoisotopic (exact) mass is 265 g/mol. The fourth-order valence-electron chi connectivity index (χ4n) is 2.02. The highest BCUT2D eigenvalue weighted by Crippen LogP contribution is 2.16. The lowest BCUT2D eigenvalue weighted by Gasteiger charge is -2.09. The minimum atomic E-state index is 0.519. The van der Waals surface area contributed by atoms with E-state index in [0.717, 1.165) is 27.8 Å². The molecule has 0 amide bonds. The summed E-state index contributed by atoms with van der Waals surface area (Å²) in [6, 6.07) is 13.5. The first kappa shape index (κ1) is 12.3. The van der Waals surface area contributed by atoms with E-state index in [1.165, 1.54) is 0 Å². The number of nitrogens with zero attached hydrogens (tertiary/aromatic N) is 3. The van der Waals surface area contributed by atoms with Gasteiger partial charge in [-0.05, 0) is 36.2 Å². The fraction of sp³-hybridized carbons (Fsp3) is 0.133. The van der Waals surface area contributed by atoms with E-state index in [9.17, 15) is 0 Å². The first-order valence-electron chi connectivity index (χ1n) is 6.41. The predicted octanol–water partition coefficient (Wildman–Crippen LogP) is 2.53. The van der Waals surface area contributed by atoms with Gasteiger partial charge < -0.3 is 11.1 Å². The summed E-state index contributed by atoms with van der Waals surface area (Å²) in [6.45, 7) is 2.63. The molecule has 2 aromatic carbocycles. The number of benzene rings is 2. The predicted molar refractivity (Wildman–Crippen MR) is 80.3 cm³/mol. The summed E-state index contributed by atoms with van der Waals surface area (Å²) < 4.78 is 0. The molecule has 0 aliphatic rings. The number of nitrogens with two attached hydrogens (primary N) is 1. The molecule has 0 saturated carbocycles. The Morgan fingerprint density at radius 3 is 2.65 bits per heavy atom. The van der Waals surface area contributed by atoms with Crippen LogP contribution in [0.2, 0.25) is 0 Å². The molecule has 100 valence electrons. The van der Waals surface area contributed by atoms with Crippen molar-refractivity contribution in [3.05, 3.63) is 53.6 Å². The number of hydrogen-bond acceptors (Lipinski definition) is 5. The van der Waals surface area contributed by atoms with Crippen LogP contribution in [0.25, 0.3) is 11.0 Å². The molecule has 5 heteroatoms. The molecule has 3 rings (SSSR count). The van der Waals surface area contributed by atoms with Crippen molar-refractivity contribution in [2.75, 3.05) is 11.1 Å². The third-order valence-corrected chi connectivity index (χ3v) is 3.29. The lowest BCUT2D eigenvalue weighted by Crippen LogP contribution is -2.07. The van der Waals surface area contributed by atoms with Crippen LogP contribution in [-0.4, -0.2) is 15.2 Å². The van der Waals surface area contributed by atoms with E-state index in [4.69, 9.17) is 5.73 Å². The fourth-order valence-corrected chi connectivity index (χ4v) is 2.02. The van der Waals surface area contributed by atoms with Crippen LogP contribution in [0, 0.1) is 6.92 Å². The molecule has 3 aromatic rings. The van der Waals surface area contributed by atoms with Gasteiger partial charge in [0, 0.05) is 12.2 Å². The second kappa shape index (κ2) is 5.13. The molecule has 5 nitrogen and oxygen atoms in total. The van der Waals surface area contributed by atoms with Gasteiger partial charge in [-0.2, -0.15) is 0 Å². The minimum absolute atomic E-state index is 0.519. The maximum atomic E-state index is 5.89. The van der Waals surface area contributed by atoms with Crippen LogP contribution in [0.1, 0.15) is 11.1 Å². The number of anilines is 2. The SMILES string of the molecule is Cc1c(N)cccc1CNc1nnc2ccccc2n1. The number of nitrogens with one attached hydrogen (secondary N) is 1. The number of hydrogen-bond donors (Lipinski definition) is 2. The summed E-state index contributed by atoms with van der Waals surface area (Å²) in [4.78, 5) is 4.43. The Morgan fingerprint density at radius 1 is 1.00 bits per heavy atom. The lowest BCUT2D eigenvalue weighted by molar-refractivity contribution is 0.980. The molecule has 0 fully saturated rings. The Labute approximate surface area is 116 Å². The van der Waals surface area contributed by atoms with E-state index in [2.05, 4.69) is 20.5 Å². The molecule has 0 bridgehead atoms. The smallest absolute Gasteiger partial charge is 0.243 e. The molecular formula is C15H15N5. The van der Waals surface area contributed by atoms with Crippen LogP contribution >= 0.6 is 0 Å². The third kappa shape index (κ3) is 2.38. The largest absolute Gasteiger partial charge is 0.399 e. The molecule has 20 heavy (non-hydrogen) atoms. The zero-order valence-corrected chi connectivity index (χ0v) is 11.2. The molecule has 0 saturated heterocycles. The van der Waals surface area contributed by atoms with Crippen molar-refractivity contribution < 1.29 is 0 Å². The zero-order chi connectivity index (χ0) is 13.9. The Morgan fingerprint density at radius 2 is 1.80 bits per heavy atom. The molecule has 0 aliphatic carbocycles. The second-order valence-corrected chi connectivity index (χ2v) is 4.61. The molecular weight excluding hydrogens is 250 g/mol. The molecule has 3 N–H and O–H groups in total. The maximum Gasteiger partial charge on any atom is 0.243 e. The highest BCUT2D eigenvalue weighted by molar-refractivity contribution is 5.74. The molecule has 0 radical (unpaired) electrons. The van der Waals surface area contributed by atoms with E-state index in [0.29, 0.717) is 12.5 Å². The first-order valence-corrected chi connectivity index (χ1v) is 6.41. The summed E-state index contributed by atoms with van der Waals surface area (Å²) in [7, 11) is 0. The van der Waals surface area contributed by atoms with Crippen LogP contribution in [-0.2, 0) is 6.54 Å². The van der Waals surface area contributed by atoms with Crippen LogP contribution in [0.4, 0.5) is 11.6 Å². The van der Waals surface area contributed by atoms with Crippen LogP contribution in [0.3, 0.4) is 0 Å². The van der Waals surface area contributed by atoms with Crippen LogP contribution in [0.15, 0.2) is 42.5 Å². The molecule has 1 aromatic heterocycles. The van der Waals surface area contributed by atoms with E-state index >= 15 is 0 Å². The molecule has 0 spiro atoms. The molecule has 0 unspecified atom stereocenters. The average molecular weight is 265 g/mol. The van der Waals surface area contributed by atoms with Gasteiger partial charge in [0.05, 0.1) is 5.52 Å². The van der Waals surface area contributed by atoms with E-state index < -0.39 is 0 Å². The normalized spacial score (nSPS) is 10.7. The summed E-state index contributed by atoms with van der Waals surface area (Å²) >= 11 is 0. The van der Waals surface area contributed by atoms with Gasteiger partial charge in [0.15, 0.2) is 0 Å². The van der Waals surface area contributed by atoms with Gasteiger partial charge in [0.1, 0.15) is 5.52 Å². The quantitative estimate of drug-likeness (QED) is 0.712. The summed E-state index contributed by atoms with van der Waals surface area (Å²) in [5.41, 5.74) is 10.5. The number of rotatable bonds is 3. The van der Waals surface area contributed by atoms with E-state index in [1.54, 1.807) is 0 Å². The topological polar surface area (TPSA) is 76.7 Å². The summed E-state index contributed by atoms with van der Waals surface area (Å²) in [6.07, 6.45) is 0. The summed E-state index contributed by atoms with van der Waals surface area (Å²) in [5.74, 6) is 0.519. The number of aromatic nitrogens is 3.